The maximum absolute atomic E-state index is 13.7. The number of ether oxygens (including phenoxy) is 1. The van der Waals surface area contributed by atoms with E-state index in [2.05, 4.69) is 10.3 Å². The number of fused-ring (bicyclic) bond motifs is 2. The SMILES string of the molecule is CC1C(=O)CC(c2ccco2)N2C(=O)C3C(C(=O)Nc4nccs4)C4C=CC3(O4)C12. The van der Waals surface area contributed by atoms with Crippen LogP contribution in [0.25, 0.3) is 0 Å². The van der Waals surface area contributed by atoms with E-state index in [9.17, 15) is 14.4 Å². The van der Waals surface area contributed by atoms with Gasteiger partial charge in [-0.25, -0.2) is 4.98 Å². The molecule has 3 saturated heterocycles. The number of thiazole rings is 1. The molecule has 6 heterocycles. The third kappa shape index (κ3) is 2.19. The van der Waals surface area contributed by atoms with Gasteiger partial charge in [0.15, 0.2) is 5.13 Å². The number of hydrogen-bond acceptors (Lipinski definition) is 7. The van der Waals surface area contributed by atoms with Crippen molar-refractivity contribution < 1.29 is 23.5 Å². The Kier molecular flexibility index (Phi) is 3.67. The van der Waals surface area contributed by atoms with E-state index in [0.29, 0.717) is 10.9 Å². The van der Waals surface area contributed by atoms with Gasteiger partial charge < -0.3 is 19.4 Å². The Bertz CT molecular complexity index is 1060. The number of ketones is 1. The van der Waals surface area contributed by atoms with E-state index in [1.54, 1.807) is 34.9 Å². The molecule has 8 nitrogen and oxygen atoms in total. The second kappa shape index (κ2) is 6.12. The molecule has 1 N–H and O–H groups in total. The van der Waals surface area contributed by atoms with Crippen molar-refractivity contribution in [2.75, 3.05) is 5.32 Å². The molecule has 0 aliphatic carbocycles. The molecule has 6 rings (SSSR count). The lowest BCUT2D eigenvalue weighted by molar-refractivity contribution is -0.147. The zero-order chi connectivity index (χ0) is 20.6. The number of rotatable bonds is 3. The number of carbonyl (C=O) groups excluding carboxylic acids is 3. The first kappa shape index (κ1) is 18.0. The van der Waals surface area contributed by atoms with Gasteiger partial charge in [-0.05, 0) is 12.1 Å². The van der Waals surface area contributed by atoms with Crippen LogP contribution in [0.4, 0.5) is 5.13 Å². The summed E-state index contributed by atoms with van der Waals surface area (Å²) in [5.74, 6) is -1.54. The Balaban J connectivity index is 1.41. The highest BCUT2D eigenvalue weighted by Crippen LogP contribution is 2.59. The topological polar surface area (TPSA) is 102 Å². The number of amides is 2. The van der Waals surface area contributed by atoms with Crippen molar-refractivity contribution in [2.24, 2.45) is 17.8 Å². The minimum Gasteiger partial charge on any atom is -0.467 e. The monoisotopic (exact) mass is 425 g/mol. The molecule has 0 radical (unpaired) electrons. The van der Waals surface area contributed by atoms with Crippen molar-refractivity contribution in [1.29, 1.82) is 0 Å². The van der Waals surface area contributed by atoms with Crippen LogP contribution in [-0.2, 0) is 19.1 Å². The number of nitrogens with one attached hydrogen (secondary N) is 1. The average molecular weight is 425 g/mol. The quantitative estimate of drug-likeness (QED) is 0.757. The number of furan rings is 1. The van der Waals surface area contributed by atoms with E-state index < -0.39 is 41.5 Å². The van der Waals surface area contributed by atoms with Gasteiger partial charge in [0.2, 0.25) is 11.8 Å². The first-order valence-corrected chi connectivity index (χ1v) is 10.8. The number of aromatic nitrogens is 1. The highest BCUT2D eigenvalue weighted by atomic mass is 32.1. The smallest absolute Gasteiger partial charge is 0.233 e. The fraction of sp³-hybridized carbons (Fsp3) is 0.429. The maximum Gasteiger partial charge on any atom is 0.233 e. The van der Waals surface area contributed by atoms with Crippen molar-refractivity contribution in [3.8, 4) is 0 Å². The van der Waals surface area contributed by atoms with Crippen LogP contribution >= 0.6 is 11.3 Å². The number of anilines is 1. The minimum absolute atomic E-state index is 0.0663. The standard InChI is InChI=1S/C21H19N3O5S/c1-10-12(25)9-11(13-3-2-7-28-13)24-17(10)21-5-4-14(29-21)15(16(21)19(24)27)18(26)23-20-22-6-8-30-20/h2-8,10-11,14-17H,9H2,1H3,(H,22,23,26). The van der Waals surface area contributed by atoms with Gasteiger partial charge in [0, 0.05) is 23.9 Å². The second-order valence-electron chi connectivity index (χ2n) is 8.31. The fourth-order valence-corrected chi connectivity index (χ4v) is 6.27. The third-order valence-electron chi connectivity index (χ3n) is 6.92. The number of piperidine rings is 1. The Morgan fingerprint density at radius 3 is 3.00 bits per heavy atom. The molecule has 1 spiro atoms. The summed E-state index contributed by atoms with van der Waals surface area (Å²) in [4.78, 5) is 45.6. The zero-order valence-electron chi connectivity index (χ0n) is 16.1. The average Bonchev–Trinajstić information content (AvgIpc) is 3.52. The highest BCUT2D eigenvalue weighted by Gasteiger charge is 2.74. The van der Waals surface area contributed by atoms with Crippen molar-refractivity contribution >= 4 is 34.1 Å². The summed E-state index contributed by atoms with van der Waals surface area (Å²) in [6.07, 6.45) is 6.61. The molecule has 154 valence electrons. The molecule has 2 aromatic rings. The molecule has 4 aliphatic rings. The van der Waals surface area contributed by atoms with Crippen LogP contribution in [0.5, 0.6) is 0 Å². The first-order valence-electron chi connectivity index (χ1n) is 9.97. The van der Waals surface area contributed by atoms with Crippen molar-refractivity contribution in [3.63, 3.8) is 0 Å². The molecule has 2 amide bonds. The van der Waals surface area contributed by atoms with Crippen LogP contribution in [0.15, 0.2) is 46.5 Å². The summed E-state index contributed by atoms with van der Waals surface area (Å²) in [6.45, 7) is 1.84. The maximum atomic E-state index is 13.7. The number of nitrogens with zero attached hydrogens (tertiary/aromatic N) is 2. The lowest BCUT2D eigenvalue weighted by Gasteiger charge is -2.43. The van der Waals surface area contributed by atoms with Crippen molar-refractivity contribution in [3.05, 3.63) is 47.9 Å². The molecule has 0 aromatic carbocycles. The molecular weight excluding hydrogens is 406 g/mol. The van der Waals surface area contributed by atoms with Crippen molar-refractivity contribution in [2.45, 2.75) is 37.1 Å². The van der Waals surface area contributed by atoms with E-state index in [1.165, 1.54) is 11.3 Å². The summed E-state index contributed by atoms with van der Waals surface area (Å²) in [5.41, 5.74) is -0.979. The molecule has 4 aliphatic heterocycles. The summed E-state index contributed by atoms with van der Waals surface area (Å²) in [6, 6.07) is 2.58. The van der Waals surface area contributed by atoms with Crippen LogP contribution in [-0.4, -0.2) is 45.2 Å². The highest BCUT2D eigenvalue weighted by molar-refractivity contribution is 7.13. The Labute approximate surface area is 175 Å². The van der Waals surface area contributed by atoms with Gasteiger partial charge in [0.1, 0.15) is 17.1 Å². The Morgan fingerprint density at radius 1 is 1.40 bits per heavy atom. The summed E-state index contributed by atoms with van der Waals surface area (Å²) in [7, 11) is 0. The predicted octanol–water partition coefficient (Wildman–Crippen LogP) is 2.18. The van der Waals surface area contributed by atoms with Gasteiger partial charge in [0.25, 0.3) is 0 Å². The number of hydrogen-bond donors (Lipinski definition) is 1. The Morgan fingerprint density at radius 2 is 2.27 bits per heavy atom. The summed E-state index contributed by atoms with van der Waals surface area (Å²) in [5, 5.41) is 5.08. The summed E-state index contributed by atoms with van der Waals surface area (Å²) < 4.78 is 11.9. The predicted molar refractivity (Wildman–Crippen MR) is 105 cm³/mol. The molecule has 30 heavy (non-hydrogen) atoms. The van der Waals surface area contributed by atoms with E-state index in [4.69, 9.17) is 9.15 Å². The van der Waals surface area contributed by atoms with E-state index in [0.717, 1.165) is 0 Å². The van der Waals surface area contributed by atoms with Gasteiger partial charge in [0.05, 0.1) is 36.3 Å². The van der Waals surface area contributed by atoms with Gasteiger partial charge in [-0.15, -0.1) is 11.3 Å². The molecular formula is C21H19N3O5S. The molecule has 7 atom stereocenters. The summed E-state index contributed by atoms with van der Waals surface area (Å²) >= 11 is 1.32. The number of Topliss-reactive ketones (excluding diaryl/α,β-unsaturated/α-hetero) is 1. The van der Waals surface area contributed by atoms with Crippen LogP contribution < -0.4 is 5.32 Å². The fourth-order valence-electron chi connectivity index (χ4n) is 5.74. The lowest BCUT2D eigenvalue weighted by Crippen LogP contribution is -2.55. The third-order valence-corrected chi connectivity index (χ3v) is 7.61. The van der Waals surface area contributed by atoms with E-state index in [-0.39, 0.29) is 24.0 Å². The first-order chi connectivity index (χ1) is 14.5. The molecule has 2 bridgehead atoms. The largest absolute Gasteiger partial charge is 0.467 e. The molecule has 9 heteroatoms. The zero-order valence-corrected chi connectivity index (χ0v) is 16.9. The Hall–Kier alpha value is -2.78. The second-order valence-corrected chi connectivity index (χ2v) is 9.20. The van der Waals surface area contributed by atoms with Crippen LogP contribution in [0, 0.1) is 17.8 Å². The van der Waals surface area contributed by atoms with Gasteiger partial charge in [-0.3, -0.25) is 14.4 Å². The van der Waals surface area contributed by atoms with Gasteiger partial charge >= 0.3 is 0 Å². The van der Waals surface area contributed by atoms with Gasteiger partial charge in [-0.1, -0.05) is 19.1 Å². The molecule has 7 unspecified atom stereocenters. The minimum atomic E-state index is -0.979. The molecule has 0 saturated carbocycles. The van der Waals surface area contributed by atoms with Crippen LogP contribution in [0.1, 0.15) is 25.1 Å². The number of carbonyl (C=O) groups is 3. The van der Waals surface area contributed by atoms with E-state index in [1.807, 2.05) is 19.1 Å². The normalized spacial score (nSPS) is 38.8. The molecule has 2 aromatic heterocycles. The van der Waals surface area contributed by atoms with Crippen LogP contribution in [0.2, 0.25) is 0 Å². The van der Waals surface area contributed by atoms with Crippen LogP contribution in [0.3, 0.4) is 0 Å². The van der Waals surface area contributed by atoms with E-state index >= 15 is 0 Å². The van der Waals surface area contributed by atoms with Gasteiger partial charge in [-0.2, -0.15) is 0 Å². The lowest BCUT2D eigenvalue weighted by atomic mass is 9.70. The molecule has 3 fully saturated rings. The van der Waals surface area contributed by atoms with Crippen molar-refractivity contribution in [1.82, 2.24) is 9.88 Å².